The average Bonchev–Trinajstić information content (AvgIpc) is 2.24. The highest BCUT2D eigenvalue weighted by atomic mass is 35.6. The molecule has 0 aromatic heterocycles. The van der Waals surface area contributed by atoms with Gasteiger partial charge in [-0.25, -0.2) is 0 Å². The summed E-state index contributed by atoms with van der Waals surface area (Å²) in [5, 5.41) is 0. The number of rotatable bonds is 8. The number of nitrogens with zero attached hydrogens (tertiary/aromatic N) is 1. The Morgan fingerprint density at radius 2 is 1.50 bits per heavy atom. The lowest BCUT2D eigenvalue weighted by Gasteiger charge is -2.23. The predicted molar refractivity (Wildman–Crippen MR) is 69.8 cm³/mol. The molecular formula is C11H26ClNSi. The minimum absolute atomic E-state index is 1.17. The lowest BCUT2D eigenvalue weighted by Crippen LogP contribution is -2.28. The van der Waals surface area contributed by atoms with E-state index in [1.165, 1.54) is 44.2 Å². The zero-order valence-electron chi connectivity index (χ0n) is 10.3. The predicted octanol–water partition coefficient (Wildman–Crippen LogP) is 3.94. The molecule has 0 amide bonds. The molecular weight excluding hydrogens is 210 g/mol. The first kappa shape index (κ1) is 14.5. The van der Waals surface area contributed by atoms with Gasteiger partial charge in [-0.3, -0.25) is 0 Å². The third kappa shape index (κ3) is 5.37. The van der Waals surface area contributed by atoms with Crippen LogP contribution in [0.15, 0.2) is 0 Å². The second kappa shape index (κ2) is 7.72. The molecule has 3 heteroatoms. The molecule has 0 aliphatic rings. The molecule has 0 aliphatic carbocycles. The van der Waals surface area contributed by atoms with Crippen molar-refractivity contribution in [3.63, 3.8) is 0 Å². The van der Waals surface area contributed by atoms with E-state index in [4.69, 9.17) is 11.1 Å². The van der Waals surface area contributed by atoms with Crippen LogP contribution in [-0.2, 0) is 0 Å². The van der Waals surface area contributed by atoms with Crippen molar-refractivity contribution in [1.29, 1.82) is 0 Å². The van der Waals surface area contributed by atoms with Crippen LogP contribution in [0.2, 0.25) is 18.1 Å². The van der Waals surface area contributed by atoms with Crippen molar-refractivity contribution < 1.29 is 0 Å². The molecule has 0 aromatic rings. The van der Waals surface area contributed by atoms with Crippen LogP contribution in [0.25, 0.3) is 0 Å². The Kier molecular flexibility index (Phi) is 7.98. The van der Waals surface area contributed by atoms with Crippen molar-refractivity contribution in [1.82, 2.24) is 4.90 Å². The Bertz CT molecular complexity index is 133. The third-order valence-electron chi connectivity index (χ3n) is 3.26. The summed E-state index contributed by atoms with van der Waals surface area (Å²) < 4.78 is 0. The van der Waals surface area contributed by atoms with Crippen LogP contribution in [0.1, 0.15) is 34.1 Å². The summed E-state index contributed by atoms with van der Waals surface area (Å²) in [5.41, 5.74) is 0. The summed E-state index contributed by atoms with van der Waals surface area (Å²) in [7, 11) is -1.34. The molecule has 0 bridgehead atoms. The maximum Gasteiger partial charge on any atom is 0.156 e. The first-order valence-corrected chi connectivity index (χ1v) is 9.66. The summed E-state index contributed by atoms with van der Waals surface area (Å²) in [6, 6.07) is 3.74. The molecule has 0 aromatic carbocycles. The van der Waals surface area contributed by atoms with E-state index in [1.54, 1.807) is 0 Å². The molecule has 0 saturated carbocycles. The molecule has 86 valence electrons. The van der Waals surface area contributed by atoms with Gasteiger partial charge in [0, 0.05) is 0 Å². The van der Waals surface area contributed by atoms with Crippen LogP contribution in [0.4, 0.5) is 0 Å². The van der Waals surface area contributed by atoms with Crippen molar-refractivity contribution in [3.8, 4) is 0 Å². The molecule has 0 radical (unpaired) electrons. The van der Waals surface area contributed by atoms with Gasteiger partial charge in [0.05, 0.1) is 0 Å². The normalized spacial score (nSPS) is 12.4. The van der Waals surface area contributed by atoms with Crippen LogP contribution in [-0.4, -0.2) is 31.9 Å². The van der Waals surface area contributed by atoms with E-state index in [2.05, 4.69) is 32.6 Å². The number of halogens is 1. The van der Waals surface area contributed by atoms with Crippen molar-refractivity contribution in [2.75, 3.05) is 19.6 Å². The minimum atomic E-state index is -1.34. The van der Waals surface area contributed by atoms with E-state index in [-0.39, 0.29) is 0 Å². The smallest absolute Gasteiger partial charge is 0.156 e. The highest BCUT2D eigenvalue weighted by molar-refractivity contribution is 7.20. The first-order chi connectivity index (χ1) is 6.61. The molecule has 14 heavy (non-hydrogen) atoms. The van der Waals surface area contributed by atoms with Crippen LogP contribution in [0.5, 0.6) is 0 Å². The van der Waals surface area contributed by atoms with Crippen molar-refractivity contribution in [3.05, 3.63) is 0 Å². The molecule has 0 aliphatic heterocycles. The van der Waals surface area contributed by atoms with E-state index in [1.807, 2.05) is 0 Å². The maximum absolute atomic E-state index is 6.60. The van der Waals surface area contributed by atoms with Gasteiger partial charge in [-0.15, -0.1) is 0 Å². The Morgan fingerprint density at radius 3 is 1.86 bits per heavy atom. The fraction of sp³-hybridized carbons (Fsp3) is 1.00. The van der Waals surface area contributed by atoms with Gasteiger partial charge < -0.3 is 4.90 Å². The Balaban J connectivity index is 3.70. The zero-order valence-corrected chi connectivity index (χ0v) is 12.0. The lowest BCUT2D eigenvalue weighted by molar-refractivity contribution is 0.304. The van der Waals surface area contributed by atoms with E-state index in [0.717, 1.165) is 0 Å². The second-order valence-electron chi connectivity index (χ2n) is 3.99. The van der Waals surface area contributed by atoms with E-state index >= 15 is 0 Å². The standard InChI is InChI=1S/C11H26ClNSi/c1-5-13(6-2)10-9-11-14(12,7-3)8-4/h5-11H2,1-4H3. The van der Waals surface area contributed by atoms with Gasteiger partial charge in [0.2, 0.25) is 0 Å². The third-order valence-corrected chi connectivity index (χ3v) is 9.22. The van der Waals surface area contributed by atoms with E-state index in [9.17, 15) is 0 Å². The molecule has 0 spiro atoms. The number of hydrogen-bond acceptors (Lipinski definition) is 1. The number of hydrogen-bond donors (Lipinski definition) is 0. The van der Waals surface area contributed by atoms with Gasteiger partial charge in [-0.1, -0.05) is 27.7 Å². The topological polar surface area (TPSA) is 3.24 Å². The zero-order chi connectivity index (χ0) is 11.0. The SMILES string of the molecule is CCN(CC)CCC[Si](Cl)(CC)CC. The minimum Gasteiger partial charge on any atom is -0.304 e. The van der Waals surface area contributed by atoms with Gasteiger partial charge >= 0.3 is 0 Å². The van der Waals surface area contributed by atoms with Crippen molar-refractivity contribution >= 4 is 18.5 Å². The molecule has 0 saturated heterocycles. The van der Waals surface area contributed by atoms with E-state index < -0.39 is 7.38 Å². The fourth-order valence-corrected chi connectivity index (χ4v) is 4.16. The Morgan fingerprint density at radius 1 is 1.00 bits per heavy atom. The Hall–Kier alpha value is 0.467. The molecule has 0 heterocycles. The van der Waals surface area contributed by atoms with Crippen LogP contribution in [0, 0.1) is 0 Å². The molecule has 0 rings (SSSR count). The Labute approximate surface area is 95.5 Å². The maximum atomic E-state index is 6.60. The summed E-state index contributed by atoms with van der Waals surface area (Å²) in [4.78, 5) is 2.48. The monoisotopic (exact) mass is 235 g/mol. The molecule has 0 N–H and O–H groups in total. The van der Waals surface area contributed by atoms with Gasteiger partial charge in [-0.05, 0) is 44.2 Å². The van der Waals surface area contributed by atoms with Crippen LogP contribution < -0.4 is 0 Å². The quantitative estimate of drug-likeness (QED) is 0.455. The van der Waals surface area contributed by atoms with Crippen molar-refractivity contribution in [2.45, 2.75) is 52.2 Å². The molecule has 1 nitrogen and oxygen atoms in total. The van der Waals surface area contributed by atoms with E-state index in [0.29, 0.717) is 0 Å². The van der Waals surface area contributed by atoms with Crippen LogP contribution >= 0.6 is 11.1 Å². The van der Waals surface area contributed by atoms with Gasteiger partial charge in [-0.2, -0.15) is 11.1 Å². The summed E-state index contributed by atoms with van der Waals surface area (Å²) in [5.74, 6) is 0. The summed E-state index contributed by atoms with van der Waals surface area (Å²) >= 11 is 6.60. The van der Waals surface area contributed by atoms with Gasteiger partial charge in [0.1, 0.15) is 0 Å². The lowest BCUT2D eigenvalue weighted by atomic mass is 10.4. The second-order valence-corrected chi connectivity index (χ2v) is 10.6. The largest absolute Gasteiger partial charge is 0.304 e. The fourth-order valence-electron chi connectivity index (χ4n) is 1.76. The highest BCUT2D eigenvalue weighted by Crippen LogP contribution is 2.26. The van der Waals surface area contributed by atoms with Gasteiger partial charge in [0.25, 0.3) is 0 Å². The molecule has 0 unspecified atom stereocenters. The van der Waals surface area contributed by atoms with Crippen molar-refractivity contribution in [2.24, 2.45) is 0 Å². The average molecular weight is 236 g/mol. The molecule has 0 atom stereocenters. The highest BCUT2D eigenvalue weighted by Gasteiger charge is 2.25. The first-order valence-electron chi connectivity index (χ1n) is 6.03. The van der Waals surface area contributed by atoms with Gasteiger partial charge in [0.15, 0.2) is 7.38 Å². The van der Waals surface area contributed by atoms with Crippen LogP contribution in [0.3, 0.4) is 0 Å². The summed E-state index contributed by atoms with van der Waals surface area (Å²) in [6.07, 6.45) is 1.29. The summed E-state index contributed by atoms with van der Waals surface area (Å²) in [6.45, 7) is 12.5. The molecule has 0 fully saturated rings.